The molecule has 2 bridgehead atoms. The summed E-state index contributed by atoms with van der Waals surface area (Å²) in [6.45, 7) is 10.9. The van der Waals surface area contributed by atoms with Crippen LogP contribution in [0, 0.1) is 11.8 Å². The molecule has 0 radical (unpaired) electrons. The SMILES string of the molecule is C=C1C(=O)OC2C1C(OC(=O)C(C)C)CC1(C)OC(O)(CC1OC)C1(C)OC21. The van der Waals surface area contributed by atoms with Gasteiger partial charge in [-0.2, -0.15) is 0 Å². The molecule has 4 saturated heterocycles. The zero-order valence-corrected chi connectivity index (χ0v) is 16.9. The van der Waals surface area contributed by atoms with E-state index in [0.29, 0.717) is 0 Å². The minimum Gasteiger partial charge on any atom is -0.461 e. The van der Waals surface area contributed by atoms with E-state index in [4.69, 9.17) is 23.7 Å². The molecular formula is C20H28O8. The topological polar surface area (TPSA) is 104 Å². The fourth-order valence-electron chi connectivity index (χ4n) is 4.91. The molecule has 0 spiro atoms. The Morgan fingerprint density at radius 1 is 1.32 bits per heavy atom. The number of hydrogen-bond donors (Lipinski definition) is 1. The highest BCUT2D eigenvalue weighted by Crippen LogP contribution is 2.60. The van der Waals surface area contributed by atoms with Crippen molar-refractivity contribution in [3.8, 4) is 0 Å². The highest BCUT2D eigenvalue weighted by molar-refractivity contribution is 5.91. The Labute approximate surface area is 164 Å². The van der Waals surface area contributed by atoms with Crippen molar-refractivity contribution in [1.82, 2.24) is 0 Å². The van der Waals surface area contributed by atoms with E-state index in [0.717, 1.165) is 0 Å². The molecule has 4 fully saturated rings. The normalized spacial score (nSPS) is 49.6. The molecule has 8 atom stereocenters. The first-order valence-electron chi connectivity index (χ1n) is 9.69. The standard InChI is InChI=1S/C20H28O8/c1-9(2)16(21)25-11-7-18(4)12(24-6)8-20(23,28-18)19(5)15(27-19)14-13(11)10(3)17(22)26-14/h9,11-15,23H,3,7-8H2,1-2,4-6H3. The number of rotatable bonds is 3. The minimum absolute atomic E-state index is 0.199. The van der Waals surface area contributed by atoms with Crippen LogP contribution in [0.25, 0.3) is 0 Å². The molecule has 8 unspecified atom stereocenters. The van der Waals surface area contributed by atoms with Gasteiger partial charge in [0, 0.05) is 25.5 Å². The number of carbonyl (C=O) groups excluding carboxylic acids is 2. The summed E-state index contributed by atoms with van der Waals surface area (Å²) in [5.41, 5.74) is -1.77. The van der Waals surface area contributed by atoms with Crippen LogP contribution in [0.4, 0.5) is 0 Å². The maximum atomic E-state index is 12.4. The maximum absolute atomic E-state index is 12.4. The van der Waals surface area contributed by atoms with Crippen LogP contribution in [-0.4, -0.2) is 65.6 Å². The molecule has 8 nitrogen and oxygen atoms in total. The molecule has 8 heteroatoms. The smallest absolute Gasteiger partial charge is 0.334 e. The number of aliphatic hydroxyl groups is 1. The van der Waals surface area contributed by atoms with Crippen molar-refractivity contribution >= 4 is 11.9 Å². The first kappa shape index (κ1) is 19.8. The van der Waals surface area contributed by atoms with E-state index < -0.39 is 53.3 Å². The third-order valence-electron chi connectivity index (χ3n) is 6.77. The van der Waals surface area contributed by atoms with Gasteiger partial charge in [-0.15, -0.1) is 0 Å². The summed E-state index contributed by atoms with van der Waals surface area (Å²) in [6, 6.07) is 0. The molecule has 0 aromatic rings. The monoisotopic (exact) mass is 396 g/mol. The molecule has 0 aromatic carbocycles. The van der Waals surface area contributed by atoms with Gasteiger partial charge >= 0.3 is 11.9 Å². The van der Waals surface area contributed by atoms with Crippen LogP contribution in [0.1, 0.15) is 40.5 Å². The quantitative estimate of drug-likeness (QED) is 0.430. The van der Waals surface area contributed by atoms with E-state index in [-0.39, 0.29) is 30.3 Å². The van der Waals surface area contributed by atoms with Crippen molar-refractivity contribution in [1.29, 1.82) is 0 Å². The van der Waals surface area contributed by atoms with Gasteiger partial charge < -0.3 is 28.8 Å². The van der Waals surface area contributed by atoms with E-state index in [2.05, 4.69) is 6.58 Å². The van der Waals surface area contributed by atoms with Crippen LogP contribution < -0.4 is 0 Å². The van der Waals surface area contributed by atoms with Crippen LogP contribution in [0.5, 0.6) is 0 Å². The zero-order chi connectivity index (χ0) is 20.6. The third kappa shape index (κ3) is 2.58. The summed E-state index contributed by atoms with van der Waals surface area (Å²) in [7, 11) is 1.55. The molecule has 28 heavy (non-hydrogen) atoms. The van der Waals surface area contributed by atoms with Crippen molar-refractivity contribution in [2.75, 3.05) is 7.11 Å². The summed E-state index contributed by atoms with van der Waals surface area (Å²) in [5, 5.41) is 11.3. The van der Waals surface area contributed by atoms with Crippen molar-refractivity contribution in [2.24, 2.45) is 11.8 Å². The molecule has 0 amide bonds. The van der Waals surface area contributed by atoms with E-state index in [1.54, 1.807) is 27.9 Å². The Morgan fingerprint density at radius 3 is 2.61 bits per heavy atom. The van der Waals surface area contributed by atoms with Crippen molar-refractivity contribution in [3.05, 3.63) is 12.2 Å². The van der Waals surface area contributed by atoms with Crippen LogP contribution >= 0.6 is 0 Å². The molecule has 4 rings (SSSR count). The fourth-order valence-corrected chi connectivity index (χ4v) is 4.91. The summed E-state index contributed by atoms with van der Waals surface area (Å²) in [5.74, 6) is -3.45. The lowest BCUT2D eigenvalue weighted by Gasteiger charge is -2.36. The number of esters is 2. The van der Waals surface area contributed by atoms with Gasteiger partial charge in [-0.25, -0.2) is 4.79 Å². The van der Waals surface area contributed by atoms with Crippen molar-refractivity contribution in [2.45, 2.75) is 81.9 Å². The summed E-state index contributed by atoms with van der Waals surface area (Å²) in [4.78, 5) is 24.7. The number of fused-ring (bicyclic) bond motifs is 6. The summed E-state index contributed by atoms with van der Waals surface area (Å²) in [6.07, 6.45) is -2.04. The largest absolute Gasteiger partial charge is 0.461 e. The minimum atomic E-state index is -1.61. The second-order valence-corrected chi connectivity index (χ2v) is 9.03. The molecule has 0 aliphatic carbocycles. The average Bonchev–Trinajstić information content (AvgIpc) is 3.11. The fraction of sp³-hybridized carbons (Fsp3) is 0.800. The van der Waals surface area contributed by atoms with E-state index >= 15 is 0 Å². The van der Waals surface area contributed by atoms with Gasteiger partial charge in [-0.05, 0) is 13.8 Å². The number of hydrogen-bond acceptors (Lipinski definition) is 8. The van der Waals surface area contributed by atoms with Gasteiger partial charge in [-0.3, -0.25) is 4.79 Å². The predicted octanol–water partition coefficient (Wildman–Crippen LogP) is 1.10. The first-order valence-corrected chi connectivity index (χ1v) is 9.69. The molecule has 1 N–H and O–H groups in total. The number of ether oxygens (including phenoxy) is 5. The van der Waals surface area contributed by atoms with Gasteiger partial charge in [0.1, 0.15) is 23.9 Å². The molecular weight excluding hydrogens is 368 g/mol. The van der Waals surface area contributed by atoms with Crippen LogP contribution in [0.2, 0.25) is 0 Å². The second-order valence-electron chi connectivity index (χ2n) is 9.03. The molecule has 156 valence electrons. The molecule has 4 aliphatic heterocycles. The van der Waals surface area contributed by atoms with Gasteiger partial charge in [0.15, 0.2) is 0 Å². The van der Waals surface area contributed by atoms with E-state index in [1.165, 1.54) is 0 Å². The number of carbonyl (C=O) groups is 2. The van der Waals surface area contributed by atoms with Gasteiger partial charge in [-0.1, -0.05) is 20.4 Å². The predicted molar refractivity (Wildman–Crippen MR) is 95.0 cm³/mol. The van der Waals surface area contributed by atoms with Crippen molar-refractivity contribution < 1.29 is 38.4 Å². The van der Waals surface area contributed by atoms with Gasteiger partial charge in [0.05, 0.1) is 23.5 Å². The molecule has 0 aromatic heterocycles. The maximum Gasteiger partial charge on any atom is 0.334 e. The Morgan fingerprint density at radius 2 is 2.00 bits per heavy atom. The first-order chi connectivity index (χ1) is 13.0. The van der Waals surface area contributed by atoms with Gasteiger partial charge in [0.2, 0.25) is 5.79 Å². The molecule has 0 saturated carbocycles. The van der Waals surface area contributed by atoms with E-state index in [1.807, 2.05) is 6.92 Å². The zero-order valence-electron chi connectivity index (χ0n) is 16.9. The Balaban J connectivity index is 1.79. The third-order valence-corrected chi connectivity index (χ3v) is 6.77. The number of epoxide rings is 1. The van der Waals surface area contributed by atoms with Crippen LogP contribution in [0.15, 0.2) is 12.2 Å². The Kier molecular flexibility index (Phi) is 4.26. The highest BCUT2D eigenvalue weighted by Gasteiger charge is 2.77. The average molecular weight is 396 g/mol. The second kappa shape index (κ2) is 6.01. The Hall–Kier alpha value is -1.48. The molecule has 4 aliphatic rings. The van der Waals surface area contributed by atoms with Gasteiger partial charge in [0.25, 0.3) is 0 Å². The highest BCUT2D eigenvalue weighted by atomic mass is 16.7. The van der Waals surface area contributed by atoms with Crippen molar-refractivity contribution in [3.63, 3.8) is 0 Å². The van der Waals surface area contributed by atoms with E-state index in [9.17, 15) is 14.7 Å². The molecule has 4 heterocycles. The lowest BCUT2D eigenvalue weighted by molar-refractivity contribution is -0.258. The number of methoxy groups -OCH3 is 1. The lowest BCUT2D eigenvalue weighted by Crippen LogP contribution is -2.48. The van der Waals surface area contributed by atoms with Crippen LogP contribution in [-0.2, 0) is 33.3 Å². The Bertz CT molecular complexity index is 734. The summed E-state index contributed by atoms with van der Waals surface area (Å²) >= 11 is 0. The lowest BCUT2D eigenvalue weighted by atomic mass is 9.77. The van der Waals surface area contributed by atoms with Crippen LogP contribution in [0.3, 0.4) is 0 Å². The summed E-state index contributed by atoms with van der Waals surface area (Å²) < 4.78 is 29.0.